The van der Waals surface area contributed by atoms with Crippen molar-refractivity contribution in [2.75, 3.05) is 18.0 Å². The highest BCUT2D eigenvalue weighted by Crippen LogP contribution is 2.33. The quantitative estimate of drug-likeness (QED) is 0.838. The summed E-state index contributed by atoms with van der Waals surface area (Å²) < 4.78 is 0.889. The maximum Gasteiger partial charge on any atom is 0.225 e. The molecule has 1 N–H and O–H groups in total. The van der Waals surface area contributed by atoms with Crippen LogP contribution in [0.15, 0.2) is 17.0 Å². The zero-order valence-electron chi connectivity index (χ0n) is 9.27. The number of hydrogen-bond acceptors (Lipinski definition) is 4. The molecule has 2 fully saturated rings. The molecule has 2 saturated heterocycles. The van der Waals surface area contributed by atoms with E-state index >= 15 is 0 Å². The Bertz CT molecular complexity index is 453. The predicted octanol–water partition coefficient (Wildman–Crippen LogP) is 0.954. The van der Waals surface area contributed by atoms with E-state index in [0.29, 0.717) is 0 Å². The molecule has 0 radical (unpaired) electrons. The van der Waals surface area contributed by atoms with E-state index in [9.17, 15) is 4.79 Å². The molecule has 90 valence electrons. The van der Waals surface area contributed by atoms with Crippen LogP contribution in [0.3, 0.4) is 0 Å². The van der Waals surface area contributed by atoms with Gasteiger partial charge in [0, 0.05) is 19.3 Å². The maximum absolute atomic E-state index is 11.7. The van der Waals surface area contributed by atoms with Gasteiger partial charge in [-0.25, -0.2) is 9.97 Å². The molecule has 5 nitrogen and oxygen atoms in total. The van der Waals surface area contributed by atoms with E-state index in [4.69, 9.17) is 0 Å². The number of halogens is 1. The second kappa shape index (κ2) is 4.25. The van der Waals surface area contributed by atoms with Crippen LogP contribution >= 0.6 is 15.9 Å². The Morgan fingerprint density at radius 3 is 3.24 bits per heavy atom. The second-order valence-corrected chi connectivity index (χ2v) is 5.30. The third-order valence-corrected chi connectivity index (χ3v) is 4.08. The van der Waals surface area contributed by atoms with Crippen molar-refractivity contribution in [2.24, 2.45) is 5.92 Å². The van der Waals surface area contributed by atoms with Crippen molar-refractivity contribution in [1.29, 1.82) is 0 Å². The molecule has 0 spiro atoms. The molecule has 2 unspecified atom stereocenters. The van der Waals surface area contributed by atoms with E-state index < -0.39 is 0 Å². The lowest BCUT2D eigenvalue weighted by molar-refractivity contribution is -0.122. The number of piperidine rings is 1. The smallest absolute Gasteiger partial charge is 0.225 e. The summed E-state index contributed by atoms with van der Waals surface area (Å²) in [7, 11) is 0. The summed E-state index contributed by atoms with van der Waals surface area (Å²) in [5.74, 6) is 1.20. The largest absolute Gasteiger partial charge is 0.354 e. The number of aromatic nitrogens is 2. The number of fused-ring (bicyclic) bond motifs is 1. The summed E-state index contributed by atoms with van der Waals surface area (Å²) in [5, 5.41) is 2.94. The van der Waals surface area contributed by atoms with Crippen molar-refractivity contribution >= 4 is 27.7 Å². The van der Waals surface area contributed by atoms with Gasteiger partial charge in [0.05, 0.1) is 16.4 Å². The van der Waals surface area contributed by atoms with Gasteiger partial charge in [0.15, 0.2) is 0 Å². The van der Waals surface area contributed by atoms with Crippen molar-refractivity contribution in [3.05, 3.63) is 17.0 Å². The molecule has 0 saturated carbocycles. The predicted molar refractivity (Wildman–Crippen MR) is 66.6 cm³/mol. The first kappa shape index (κ1) is 11.0. The Morgan fingerprint density at radius 2 is 2.41 bits per heavy atom. The van der Waals surface area contributed by atoms with Crippen molar-refractivity contribution in [1.82, 2.24) is 15.3 Å². The molecule has 2 aliphatic rings. The van der Waals surface area contributed by atoms with Crippen LogP contribution in [0.25, 0.3) is 0 Å². The van der Waals surface area contributed by atoms with E-state index in [-0.39, 0.29) is 17.9 Å². The zero-order chi connectivity index (χ0) is 11.8. The van der Waals surface area contributed by atoms with Crippen molar-refractivity contribution in [3.63, 3.8) is 0 Å². The highest BCUT2D eigenvalue weighted by Gasteiger charge is 2.41. The van der Waals surface area contributed by atoms with Crippen molar-refractivity contribution < 1.29 is 4.79 Å². The van der Waals surface area contributed by atoms with Crippen LogP contribution in [-0.4, -0.2) is 35.0 Å². The summed E-state index contributed by atoms with van der Waals surface area (Å²) >= 11 is 3.47. The van der Waals surface area contributed by atoms with E-state index in [0.717, 1.165) is 36.2 Å². The number of rotatable bonds is 1. The molecule has 0 bridgehead atoms. The van der Waals surface area contributed by atoms with Crippen LogP contribution in [-0.2, 0) is 4.79 Å². The van der Waals surface area contributed by atoms with Crippen LogP contribution < -0.4 is 10.2 Å². The first-order valence-electron chi connectivity index (χ1n) is 5.77. The Hall–Kier alpha value is -1.17. The molecule has 2 aliphatic heterocycles. The minimum atomic E-state index is 0.116. The molecule has 3 heterocycles. The number of nitrogens with one attached hydrogen (secondary N) is 1. The minimum absolute atomic E-state index is 0.116. The van der Waals surface area contributed by atoms with Gasteiger partial charge < -0.3 is 10.2 Å². The van der Waals surface area contributed by atoms with Gasteiger partial charge >= 0.3 is 0 Å². The standard InChI is InChI=1S/C11H13BrN4O/c12-8-4-13-6-15-10(8)16-3-1-2-7-9(16)5-14-11(7)17/h4,6-7,9H,1-3,5H2,(H,14,17). The monoisotopic (exact) mass is 296 g/mol. The molecule has 1 aromatic heterocycles. The first-order chi connectivity index (χ1) is 8.27. The van der Waals surface area contributed by atoms with E-state index in [1.807, 2.05) is 0 Å². The van der Waals surface area contributed by atoms with Gasteiger partial charge in [0.2, 0.25) is 5.91 Å². The van der Waals surface area contributed by atoms with Crippen molar-refractivity contribution in [3.8, 4) is 0 Å². The second-order valence-electron chi connectivity index (χ2n) is 4.45. The molecule has 6 heteroatoms. The maximum atomic E-state index is 11.7. The first-order valence-corrected chi connectivity index (χ1v) is 6.56. The molecule has 3 rings (SSSR count). The molecular weight excluding hydrogens is 284 g/mol. The molecule has 0 aliphatic carbocycles. The summed E-state index contributed by atoms with van der Waals surface area (Å²) in [6.07, 6.45) is 5.31. The Morgan fingerprint density at radius 1 is 1.53 bits per heavy atom. The van der Waals surface area contributed by atoms with Gasteiger partial charge in [-0.3, -0.25) is 4.79 Å². The van der Waals surface area contributed by atoms with Crippen LogP contribution in [0.5, 0.6) is 0 Å². The number of carbonyl (C=O) groups is 1. The SMILES string of the molecule is O=C1NCC2C1CCCN2c1ncncc1Br. The lowest BCUT2D eigenvalue weighted by Crippen LogP contribution is -2.46. The van der Waals surface area contributed by atoms with Crippen molar-refractivity contribution in [2.45, 2.75) is 18.9 Å². The highest BCUT2D eigenvalue weighted by atomic mass is 79.9. The number of carbonyl (C=O) groups excluding carboxylic acids is 1. The highest BCUT2D eigenvalue weighted by molar-refractivity contribution is 9.10. The van der Waals surface area contributed by atoms with Crippen LogP contribution in [0.2, 0.25) is 0 Å². The minimum Gasteiger partial charge on any atom is -0.354 e. The molecule has 1 aromatic rings. The normalized spacial score (nSPS) is 27.8. The van der Waals surface area contributed by atoms with Crippen LogP contribution in [0, 0.1) is 5.92 Å². The summed E-state index contributed by atoms with van der Waals surface area (Å²) in [6, 6.07) is 0.238. The molecule has 2 atom stereocenters. The van der Waals surface area contributed by atoms with Gasteiger partial charge in [0.1, 0.15) is 12.1 Å². The van der Waals surface area contributed by atoms with Gasteiger partial charge in [0.25, 0.3) is 0 Å². The summed E-state index contributed by atoms with van der Waals surface area (Å²) in [5.41, 5.74) is 0. The average Bonchev–Trinajstić information content (AvgIpc) is 2.72. The fourth-order valence-corrected chi connectivity index (χ4v) is 3.18. The lowest BCUT2D eigenvalue weighted by atomic mass is 9.91. The van der Waals surface area contributed by atoms with Crippen LogP contribution in [0.4, 0.5) is 5.82 Å². The number of nitrogens with zero attached hydrogens (tertiary/aromatic N) is 3. The number of hydrogen-bond donors (Lipinski definition) is 1. The van der Waals surface area contributed by atoms with Gasteiger partial charge in [-0.2, -0.15) is 0 Å². The van der Waals surface area contributed by atoms with Crippen LogP contribution in [0.1, 0.15) is 12.8 Å². The lowest BCUT2D eigenvalue weighted by Gasteiger charge is -2.37. The van der Waals surface area contributed by atoms with E-state index in [1.54, 1.807) is 12.5 Å². The molecule has 1 amide bonds. The Balaban J connectivity index is 1.93. The third-order valence-electron chi connectivity index (χ3n) is 3.52. The summed E-state index contributed by atoms with van der Waals surface area (Å²) in [6.45, 7) is 1.67. The Kier molecular flexibility index (Phi) is 2.74. The van der Waals surface area contributed by atoms with E-state index in [2.05, 4.69) is 36.1 Å². The fraction of sp³-hybridized carbons (Fsp3) is 0.545. The van der Waals surface area contributed by atoms with Gasteiger partial charge in [-0.15, -0.1) is 0 Å². The van der Waals surface area contributed by atoms with E-state index in [1.165, 1.54) is 0 Å². The molecule has 17 heavy (non-hydrogen) atoms. The fourth-order valence-electron chi connectivity index (χ4n) is 2.73. The number of amides is 1. The topological polar surface area (TPSA) is 58.1 Å². The molecular formula is C11H13BrN4O. The van der Waals surface area contributed by atoms with Gasteiger partial charge in [-0.05, 0) is 28.8 Å². The summed E-state index contributed by atoms with van der Waals surface area (Å²) in [4.78, 5) is 22.2. The van der Waals surface area contributed by atoms with Gasteiger partial charge in [-0.1, -0.05) is 0 Å². The number of anilines is 1. The zero-order valence-corrected chi connectivity index (χ0v) is 10.9. The Labute approximate surface area is 108 Å². The third kappa shape index (κ3) is 1.80. The molecule has 0 aromatic carbocycles. The average molecular weight is 297 g/mol.